The summed E-state index contributed by atoms with van der Waals surface area (Å²) >= 11 is 0. The molecule has 0 radical (unpaired) electrons. The Morgan fingerprint density at radius 3 is 3.10 bits per heavy atom. The molecule has 1 atom stereocenters. The summed E-state index contributed by atoms with van der Waals surface area (Å²) in [5.41, 5.74) is 3.02. The van der Waals surface area contributed by atoms with Gasteiger partial charge in [0.1, 0.15) is 11.7 Å². The highest BCUT2D eigenvalue weighted by atomic mass is 16.5. The fourth-order valence-electron chi connectivity index (χ4n) is 2.75. The van der Waals surface area contributed by atoms with Crippen molar-refractivity contribution < 1.29 is 14.3 Å². The molecule has 1 aromatic carbocycles. The second-order valence-corrected chi connectivity index (χ2v) is 4.96. The van der Waals surface area contributed by atoms with Gasteiger partial charge < -0.3 is 14.5 Å². The molecule has 1 N–H and O–H groups in total. The van der Waals surface area contributed by atoms with E-state index < -0.39 is 5.92 Å². The first-order valence-corrected chi connectivity index (χ1v) is 7.09. The number of aromatic amines is 1. The number of hydrogen-bond acceptors (Lipinski definition) is 4. The van der Waals surface area contributed by atoms with Gasteiger partial charge in [0, 0.05) is 29.4 Å². The smallest absolute Gasteiger partial charge is 0.320 e. The van der Waals surface area contributed by atoms with Gasteiger partial charge in [0.15, 0.2) is 0 Å². The maximum atomic E-state index is 12.2. The number of benzene rings is 1. The number of ether oxygens (including phenoxy) is 2. The highest BCUT2D eigenvalue weighted by molar-refractivity contribution is 5.99. The number of esters is 1. The number of nitrogens with zero attached hydrogens (tertiary/aromatic N) is 1. The Bertz CT molecular complexity index is 703. The van der Waals surface area contributed by atoms with Crippen LogP contribution in [0.5, 0.6) is 5.75 Å². The summed E-state index contributed by atoms with van der Waals surface area (Å²) in [5, 5.41) is 1.09. The molecule has 5 nitrogen and oxygen atoms in total. The first-order valence-electron chi connectivity index (χ1n) is 7.09. The predicted octanol–water partition coefficient (Wildman–Crippen LogP) is 2.45. The molecule has 3 rings (SSSR count). The predicted molar refractivity (Wildman–Crippen MR) is 81.3 cm³/mol. The Labute approximate surface area is 123 Å². The highest BCUT2D eigenvalue weighted by Gasteiger charge is 2.27. The number of carbonyl (C=O) groups excluding carboxylic acids is 1. The van der Waals surface area contributed by atoms with Gasteiger partial charge in [-0.2, -0.15) is 0 Å². The van der Waals surface area contributed by atoms with Crippen molar-refractivity contribution in [1.29, 1.82) is 0 Å². The lowest BCUT2D eigenvalue weighted by atomic mass is 10.00. The minimum atomic E-state index is -0.458. The second-order valence-electron chi connectivity index (χ2n) is 4.96. The Morgan fingerprint density at radius 1 is 1.48 bits per heavy atom. The standard InChI is InChI=1S/C16H18N2O3/c1-3-21-16(19)13-9-17-7-6-11-12-8-10(20-2)4-5-14(12)18-15(11)13/h4-5,8-9,13,18H,3,6-7H2,1-2H3. The van der Waals surface area contributed by atoms with Gasteiger partial charge in [-0.05, 0) is 37.1 Å². The molecule has 0 saturated heterocycles. The number of nitrogens with one attached hydrogen (secondary N) is 1. The number of methoxy groups -OCH3 is 1. The third-order valence-electron chi connectivity index (χ3n) is 3.74. The van der Waals surface area contributed by atoms with E-state index in [1.165, 1.54) is 0 Å². The number of hydrogen-bond donors (Lipinski definition) is 1. The van der Waals surface area contributed by atoms with E-state index in [4.69, 9.17) is 9.47 Å². The van der Waals surface area contributed by atoms with Crippen molar-refractivity contribution in [2.75, 3.05) is 20.3 Å². The molecule has 0 fully saturated rings. The number of H-pyrrole nitrogens is 1. The Morgan fingerprint density at radius 2 is 2.33 bits per heavy atom. The molecule has 0 amide bonds. The topological polar surface area (TPSA) is 63.7 Å². The molecule has 0 bridgehead atoms. The quantitative estimate of drug-likeness (QED) is 0.881. The van der Waals surface area contributed by atoms with Crippen LogP contribution >= 0.6 is 0 Å². The fourth-order valence-corrected chi connectivity index (χ4v) is 2.75. The number of carbonyl (C=O) groups is 1. The second kappa shape index (κ2) is 5.60. The Hall–Kier alpha value is -2.30. The van der Waals surface area contributed by atoms with Gasteiger partial charge in [0.05, 0.1) is 13.7 Å². The van der Waals surface area contributed by atoms with Crippen LogP contribution in [0.4, 0.5) is 0 Å². The lowest BCUT2D eigenvalue weighted by molar-refractivity contribution is -0.143. The van der Waals surface area contributed by atoms with Crippen LogP contribution in [0.2, 0.25) is 0 Å². The summed E-state index contributed by atoms with van der Waals surface area (Å²) in [7, 11) is 1.65. The zero-order valence-electron chi connectivity index (χ0n) is 12.2. The van der Waals surface area contributed by atoms with Gasteiger partial charge in [-0.25, -0.2) is 0 Å². The van der Waals surface area contributed by atoms with Gasteiger partial charge in [-0.15, -0.1) is 0 Å². The first-order chi connectivity index (χ1) is 10.2. The van der Waals surface area contributed by atoms with Crippen LogP contribution < -0.4 is 4.74 Å². The molecule has 21 heavy (non-hydrogen) atoms. The summed E-state index contributed by atoms with van der Waals surface area (Å²) < 4.78 is 10.4. The molecule has 1 aliphatic rings. The van der Waals surface area contributed by atoms with Crippen LogP contribution in [0.25, 0.3) is 10.9 Å². The largest absolute Gasteiger partial charge is 0.497 e. The van der Waals surface area contributed by atoms with Crippen molar-refractivity contribution >= 4 is 23.1 Å². The summed E-state index contributed by atoms with van der Waals surface area (Å²) in [6.07, 6.45) is 2.49. The van der Waals surface area contributed by atoms with Crippen LogP contribution in [0.1, 0.15) is 24.1 Å². The molecule has 2 heterocycles. The van der Waals surface area contributed by atoms with Gasteiger partial charge in [0.2, 0.25) is 0 Å². The summed E-state index contributed by atoms with van der Waals surface area (Å²) in [5.74, 6) is 0.0888. The van der Waals surface area contributed by atoms with Crippen molar-refractivity contribution in [2.24, 2.45) is 4.99 Å². The van der Waals surface area contributed by atoms with Crippen molar-refractivity contribution in [3.8, 4) is 5.75 Å². The molecule has 1 aliphatic heterocycles. The van der Waals surface area contributed by atoms with E-state index >= 15 is 0 Å². The first kappa shape index (κ1) is 13.7. The average Bonchev–Trinajstić information content (AvgIpc) is 2.71. The maximum Gasteiger partial charge on any atom is 0.320 e. The molecule has 1 unspecified atom stereocenters. The monoisotopic (exact) mass is 286 g/mol. The highest BCUT2D eigenvalue weighted by Crippen LogP contribution is 2.32. The molecule has 0 aliphatic carbocycles. The zero-order chi connectivity index (χ0) is 14.8. The van der Waals surface area contributed by atoms with Gasteiger partial charge in [0.25, 0.3) is 0 Å². The van der Waals surface area contributed by atoms with Crippen LogP contribution in [-0.4, -0.2) is 37.4 Å². The van der Waals surface area contributed by atoms with E-state index in [1.54, 1.807) is 13.3 Å². The van der Waals surface area contributed by atoms with E-state index in [0.717, 1.165) is 34.3 Å². The SMILES string of the molecule is CCOC(=O)C1C=NCCc2c1[nH]c1ccc(OC)cc21. The molecule has 0 saturated carbocycles. The van der Waals surface area contributed by atoms with E-state index in [1.807, 2.05) is 25.1 Å². The Kier molecular flexibility index (Phi) is 3.64. The number of rotatable bonds is 3. The molecular formula is C16H18N2O3. The minimum absolute atomic E-state index is 0.261. The van der Waals surface area contributed by atoms with Gasteiger partial charge in [-0.3, -0.25) is 9.79 Å². The minimum Gasteiger partial charge on any atom is -0.497 e. The van der Waals surface area contributed by atoms with E-state index in [2.05, 4.69) is 9.98 Å². The number of aromatic nitrogens is 1. The number of aliphatic imine (C=N–C) groups is 1. The lowest BCUT2D eigenvalue weighted by Gasteiger charge is -2.10. The van der Waals surface area contributed by atoms with Gasteiger partial charge in [-0.1, -0.05) is 0 Å². The molecular weight excluding hydrogens is 268 g/mol. The molecule has 5 heteroatoms. The third-order valence-corrected chi connectivity index (χ3v) is 3.74. The van der Waals surface area contributed by atoms with Crippen LogP contribution in [-0.2, 0) is 16.0 Å². The molecule has 1 aromatic heterocycles. The van der Waals surface area contributed by atoms with Crippen molar-refractivity contribution in [3.63, 3.8) is 0 Å². The Balaban J connectivity index is 2.12. The van der Waals surface area contributed by atoms with Crippen LogP contribution in [0.15, 0.2) is 23.2 Å². The summed E-state index contributed by atoms with van der Waals surface area (Å²) in [6, 6.07) is 5.88. The average molecular weight is 286 g/mol. The molecule has 0 spiro atoms. The summed E-state index contributed by atoms with van der Waals surface area (Å²) in [4.78, 5) is 19.8. The fraction of sp³-hybridized carbons (Fsp3) is 0.375. The van der Waals surface area contributed by atoms with Crippen LogP contribution in [0, 0.1) is 0 Å². The normalized spacial score (nSPS) is 17.3. The van der Waals surface area contributed by atoms with Crippen LogP contribution in [0.3, 0.4) is 0 Å². The third kappa shape index (κ3) is 2.39. The van der Waals surface area contributed by atoms with Crippen molar-refractivity contribution in [2.45, 2.75) is 19.3 Å². The van der Waals surface area contributed by atoms with Gasteiger partial charge >= 0.3 is 5.97 Å². The van der Waals surface area contributed by atoms with Crippen molar-refractivity contribution in [1.82, 2.24) is 4.98 Å². The molecule has 110 valence electrons. The van der Waals surface area contributed by atoms with E-state index in [0.29, 0.717) is 13.2 Å². The summed E-state index contributed by atoms with van der Waals surface area (Å²) in [6.45, 7) is 2.85. The number of fused-ring (bicyclic) bond motifs is 3. The van der Waals surface area contributed by atoms with E-state index in [9.17, 15) is 4.79 Å². The zero-order valence-corrected chi connectivity index (χ0v) is 12.2. The van der Waals surface area contributed by atoms with Crippen molar-refractivity contribution in [3.05, 3.63) is 29.5 Å². The molecule has 2 aromatic rings. The lowest BCUT2D eigenvalue weighted by Crippen LogP contribution is -2.18. The maximum absolute atomic E-state index is 12.2. The van der Waals surface area contributed by atoms with E-state index in [-0.39, 0.29) is 5.97 Å².